The molecule has 2 aromatic rings. The second-order valence-corrected chi connectivity index (χ2v) is 5.56. The van der Waals surface area contributed by atoms with E-state index in [0.29, 0.717) is 13.1 Å². The van der Waals surface area contributed by atoms with Gasteiger partial charge in [0.15, 0.2) is 0 Å². The zero-order valence-corrected chi connectivity index (χ0v) is 12.7. The zero-order chi connectivity index (χ0) is 13.8. The lowest BCUT2D eigenvalue weighted by Crippen LogP contribution is -2.23. The Hall–Kier alpha value is -1.10. The predicted octanol–water partition coefficient (Wildman–Crippen LogP) is 3.49. The number of aryl methyl sites for hydroxylation is 1. The fraction of sp³-hybridized carbons (Fsp3) is 0.333. The maximum Gasteiger partial charge on any atom is 0.134 e. The molecule has 1 aromatic carbocycles. The molecule has 1 heterocycles. The lowest BCUT2D eigenvalue weighted by molar-refractivity contribution is 0.190. The molecular weight excluding hydrogens is 306 g/mol. The fourth-order valence-electron chi connectivity index (χ4n) is 1.83. The van der Waals surface area contributed by atoms with E-state index in [9.17, 15) is 5.11 Å². The van der Waals surface area contributed by atoms with E-state index >= 15 is 0 Å². The summed E-state index contributed by atoms with van der Waals surface area (Å²) in [4.78, 5) is 0. The van der Waals surface area contributed by atoms with E-state index in [1.165, 1.54) is 5.56 Å². The van der Waals surface area contributed by atoms with Crippen molar-refractivity contribution in [3.05, 3.63) is 46.1 Å². The molecule has 0 amide bonds. The van der Waals surface area contributed by atoms with Gasteiger partial charge in [0.1, 0.15) is 11.5 Å². The van der Waals surface area contributed by atoms with Gasteiger partial charge in [0, 0.05) is 16.6 Å². The summed E-state index contributed by atoms with van der Waals surface area (Å²) in [5, 5.41) is 12.3. The average Bonchev–Trinajstić information content (AvgIpc) is 2.81. The van der Waals surface area contributed by atoms with Crippen molar-refractivity contribution in [2.75, 3.05) is 6.54 Å². The second kappa shape index (κ2) is 6.37. The molecule has 0 saturated heterocycles. The first-order valence-corrected chi connectivity index (χ1v) is 7.09. The van der Waals surface area contributed by atoms with Gasteiger partial charge in [-0.15, -0.1) is 0 Å². The highest BCUT2D eigenvalue weighted by Crippen LogP contribution is 2.26. The largest absolute Gasteiger partial charge is 0.460 e. The standard InChI is InChI=1S/C15H18BrNO2/c1-10-7-12(3-5-14(10)16)15-6-4-13(19-15)9-17-8-11(2)18/h3-7,11,17-18H,8-9H2,1-2H3. The minimum Gasteiger partial charge on any atom is -0.460 e. The monoisotopic (exact) mass is 323 g/mol. The number of aliphatic hydroxyl groups excluding tert-OH is 1. The summed E-state index contributed by atoms with van der Waals surface area (Å²) in [7, 11) is 0. The molecule has 2 rings (SSSR count). The molecule has 1 atom stereocenters. The molecule has 0 bridgehead atoms. The summed E-state index contributed by atoms with van der Waals surface area (Å²) in [5.41, 5.74) is 2.25. The van der Waals surface area contributed by atoms with Gasteiger partial charge in [-0.1, -0.05) is 22.0 Å². The molecule has 102 valence electrons. The van der Waals surface area contributed by atoms with Gasteiger partial charge in [0.05, 0.1) is 12.6 Å². The van der Waals surface area contributed by atoms with Gasteiger partial charge < -0.3 is 14.8 Å². The summed E-state index contributed by atoms with van der Waals surface area (Å²) in [6.45, 7) is 5.00. The molecule has 0 aliphatic carbocycles. The first-order valence-electron chi connectivity index (χ1n) is 6.30. The van der Waals surface area contributed by atoms with E-state index in [4.69, 9.17) is 4.42 Å². The smallest absolute Gasteiger partial charge is 0.134 e. The Morgan fingerprint density at radius 2 is 2.11 bits per heavy atom. The highest BCUT2D eigenvalue weighted by molar-refractivity contribution is 9.10. The second-order valence-electron chi connectivity index (χ2n) is 4.71. The number of benzene rings is 1. The summed E-state index contributed by atoms with van der Waals surface area (Å²) >= 11 is 3.49. The van der Waals surface area contributed by atoms with Gasteiger partial charge in [0.25, 0.3) is 0 Å². The van der Waals surface area contributed by atoms with Crippen molar-refractivity contribution in [3.8, 4) is 11.3 Å². The van der Waals surface area contributed by atoms with Gasteiger partial charge in [-0.25, -0.2) is 0 Å². The Kier molecular flexibility index (Phi) is 4.80. The van der Waals surface area contributed by atoms with Crippen LogP contribution in [0.1, 0.15) is 18.2 Å². The van der Waals surface area contributed by atoms with Crippen LogP contribution in [-0.4, -0.2) is 17.8 Å². The van der Waals surface area contributed by atoms with Crippen LogP contribution in [0.4, 0.5) is 0 Å². The van der Waals surface area contributed by atoms with Crippen LogP contribution in [0.2, 0.25) is 0 Å². The maximum absolute atomic E-state index is 9.17. The van der Waals surface area contributed by atoms with Gasteiger partial charge in [-0.05, 0) is 43.7 Å². The topological polar surface area (TPSA) is 45.4 Å². The van der Waals surface area contributed by atoms with Crippen molar-refractivity contribution in [1.29, 1.82) is 0 Å². The molecule has 4 heteroatoms. The molecular formula is C15H18BrNO2. The van der Waals surface area contributed by atoms with E-state index in [-0.39, 0.29) is 6.10 Å². The van der Waals surface area contributed by atoms with Crippen LogP contribution < -0.4 is 5.32 Å². The third-order valence-corrected chi connectivity index (χ3v) is 3.73. The zero-order valence-electron chi connectivity index (χ0n) is 11.1. The van der Waals surface area contributed by atoms with Crippen LogP contribution in [0.3, 0.4) is 0 Å². The predicted molar refractivity (Wildman–Crippen MR) is 80.0 cm³/mol. The van der Waals surface area contributed by atoms with Crippen molar-refractivity contribution in [2.24, 2.45) is 0 Å². The number of halogens is 1. The number of hydrogen-bond acceptors (Lipinski definition) is 3. The summed E-state index contributed by atoms with van der Waals surface area (Å²) in [6, 6.07) is 10.1. The first-order chi connectivity index (χ1) is 9.06. The highest BCUT2D eigenvalue weighted by atomic mass is 79.9. The molecule has 0 aliphatic rings. The van der Waals surface area contributed by atoms with Crippen molar-refractivity contribution in [1.82, 2.24) is 5.32 Å². The molecule has 19 heavy (non-hydrogen) atoms. The van der Waals surface area contributed by atoms with Gasteiger partial charge >= 0.3 is 0 Å². The Bertz CT molecular complexity index is 549. The van der Waals surface area contributed by atoms with E-state index in [2.05, 4.69) is 34.2 Å². The molecule has 1 unspecified atom stereocenters. The summed E-state index contributed by atoms with van der Waals surface area (Å²) in [6.07, 6.45) is -0.344. The van der Waals surface area contributed by atoms with Gasteiger partial charge in [-0.2, -0.15) is 0 Å². The number of aliphatic hydroxyl groups is 1. The van der Waals surface area contributed by atoms with Gasteiger partial charge in [-0.3, -0.25) is 0 Å². The van der Waals surface area contributed by atoms with E-state index < -0.39 is 0 Å². The molecule has 0 radical (unpaired) electrons. The SMILES string of the molecule is Cc1cc(-c2ccc(CNCC(C)O)o2)ccc1Br. The Morgan fingerprint density at radius 1 is 1.32 bits per heavy atom. The molecule has 2 N–H and O–H groups in total. The molecule has 0 aliphatic heterocycles. The van der Waals surface area contributed by atoms with Crippen LogP contribution in [0.25, 0.3) is 11.3 Å². The number of hydrogen-bond donors (Lipinski definition) is 2. The molecule has 0 saturated carbocycles. The van der Waals surface area contributed by atoms with E-state index in [1.54, 1.807) is 6.92 Å². The lowest BCUT2D eigenvalue weighted by Gasteiger charge is -2.05. The Morgan fingerprint density at radius 3 is 2.79 bits per heavy atom. The third kappa shape index (κ3) is 3.93. The summed E-state index contributed by atoms with van der Waals surface area (Å²) in [5.74, 6) is 1.74. The Balaban J connectivity index is 2.05. The number of furan rings is 1. The quantitative estimate of drug-likeness (QED) is 0.885. The maximum atomic E-state index is 9.17. The normalized spacial score (nSPS) is 12.6. The van der Waals surface area contributed by atoms with Crippen molar-refractivity contribution < 1.29 is 9.52 Å². The molecule has 1 aromatic heterocycles. The molecule has 3 nitrogen and oxygen atoms in total. The minimum atomic E-state index is -0.344. The van der Waals surface area contributed by atoms with Crippen molar-refractivity contribution in [2.45, 2.75) is 26.5 Å². The van der Waals surface area contributed by atoms with E-state index in [1.807, 2.05) is 24.3 Å². The number of rotatable bonds is 5. The summed E-state index contributed by atoms with van der Waals surface area (Å²) < 4.78 is 6.89. The van der Waals surface area contributed by atoms with Crippen LogP contribution in [-0.2, 0) is 6.54 Å². The Labute approximate surface area is 121 Å². The first kappa shape index (κ1) is 14.3. The lowest BCUT2D eigenvalue weighted by atomic mass is 10.1. The van der Waals surface area contributed by atoms with Crippen LogP contribution in [0.15, 0.2) is 39.2 Å². The fourth-order valence-corrected chi connectivity index (χ4v) is 2.08. The highest BCUT2D eigenvalue weighted by Gasteiger charge is 2.06. The van der Waals surface area contributed by atoms with Crippen molar-refractivity contribution >= 4 is 15.9 Å². The molecule has 0 fully saturated rings. The number of nitrogens with one attached hydrogen (secondary N) is 1. The van der Waals surface area contributed by atoms with Gasteiger partial charge in [0.2, 0.25) is 0 Å². The van der Waals surface area contributed by atoms with Crippen LogP contribution in [0, 0.1) is 6.92 Å². The minimum absolute atomic E-state index is 0.344. The van der Waals surface area contributed by atoms with Crippen LogP contribution in [0.5, 0.6) is 0 Å². The van der Waals surface area contributed by atoms with Crippen molar-refractivity contribution in [3.63, 3.8) is 0 Å². The van der Waals surface area contributed by atoms with E-state index in [0.717, 1.165) is 21.6 Å². The van der Waals surface area contributed by atoms with Crippen LogP contribution >= 0.6 is 15.9 Å². The average molecular weight is 324 g/mol. The molecule has 0 spiro atoms. The third-order valence-electron chi connectivity index (χ3n) is 2.84.